The van der Waals surface area contributed by atoms with Crippen LogP contribution in [-0.2, 0) is 0 Å². The minimum Gasteiger partial charge on any atom is -0.449 e. The highest BCUT2D eigenvalue weighted by Crippen LogP contribution is 2.02. The minimum absolute atomic E-state index is 0.0769. The van der Waals surface area contributed by atoms with E-state index in [1.165, 1.54) is 0 Å². The molecule has 12 heavy (non-hydrogen) atoms. The van der Waals surface area contributed by atoms with Crippen molar-refractivity contribution in [2.75, 3.05) is 0 Å². The van der Waals surface area contributed by atoms with E-state index in [4.69, 9.17) is 5.02 Å². The van der Waals surface area contributed by atoms with Crippen LogP contribution in [0.4, 0.5) is 0 Å². The van der Waals surface area contributed by atoms with Crippen molar-refractivity contribution in [3.63, 3.8) is 0 Å². The second kappa shape index (κ2) is 2.64. The lowest BCUT2D eigenvalue weighted by Crippen LogP contribution is -2.14. The van der Waals surface area contributed by atoms with Gasteiger partial charge < -0.3 is 9.42 Å². The van der Waals surface area contributed by atoms with E-state index >= 15 is 0 Å². The van der Waals surface area contributed by atoms with Gasteiger partial charge in [0.1, 0.15) is 5.65 Å². The standard InChI is InChI=1S/C8H9BN2O/c1-6-4-10-8-3-2-7(9-12)5-11(6)8/h2-5,9,12H,1H3. The molecule has 0 aliphatic heterocycles. The number of fused-ring (bicyclic) bond motifs is 1. The fourth-order valence-electron chi connectivity index (χ4n) is 1.24. The van der Waals surface area contributed by atoms with E-state index in [1.54, 1.807) is 0 Å². The van der Waals surface area contributed by atoms with E-state index in [2.05, 4.69) is 4.98 Å². The van der Waals surface area contributed by atoms with E-state index in [0.717, 1.165) is 16.8 Å². The smallest absolute Gasteiger partial charge is 0.306 e. The number of pyridine rings is 1. The molecule has 0 aliphatic rings. The van der Waals surface area contributed by atoms with Gasteiger partial charge in [0.05, 0.1) is 0 Å². The lowest BCUT2D eigenvalue weighted by molar-refractivity contribution is 0.615. The number of imidazole rings is 1. The molecule has 1 N–H and O–H groups in total. The number of hydrogen-bond acceptors (Lipinski definition) is 2. The van der Waals surface area contributed by atoms with Crippen LogP contribution in [0.1, 0.15) is 5.69 Å². The molecule has 2 aromatic heterocycles. The van der Waals surface area contributed by atoms with Crippen molar-refractivity contribution in [3.8, 4) is 0 Å². The van der Waals surface area contributed by atoms with E-state index in [1.807, 2.05) is 35.9 Å². The monoisotopic (exact) mass is 160 g/mol. The summed E-state index contributed by atoms with van der Waals surface area (Å²) in [5, 5.41) is 8.89. The highest BCUT2D eigenvalue weighted by Gasteiger charge is 1.99. The quantitative estimate of drug-likeness (QED) is 0.577. The van der Waals surface area contributed by atoms with Gasteiger partial charge in [0.2, 0.25) is 0 Å². The molecular weight excluding hydrogens is 151 g/mol. The first-order chi connectivity index (χ1) is 5.81. The van der Waals surface area contributed by atoms with Crippen LogP contribution in [0.15, 0.2) is 24.5 Å². The van der Waals surface area contributed by atoms with E-state index < -0.39 is 0 Å². The predicted molar refractivity (Wildman–Crippen MR) is 48.9 cm³/mol. The SMILES string of the molecule is Cc1cnc2ccc(BO)cn12. The van der Waals surface area contributed by atoms with Crippen molar-refractivity contribution in [3.05, 3.63) is 30.2 Å². The third-order valence-corrected chi connectivity index (χ3v) is 1.93. The highest BCUT2D eigenvalue weighted by molar-refractivity contribution is 6.45. The Morgan fingerprint density at radius 2 is 2.33 bits per heavy atom. The second-order valence-electron chi connectivity index (χ2n) is 2.82. The summed E-state index contributed by atoms with van der Waals surface area (Å²) in [5.41, 5.74) is 2.91. The molecular formula is C8H9BN2O. The van der Waals surface area contributed by atoms with Crippen molar-refractivity contribution in [1.82, 2.24) is 9.38 Å². The summed E-state index contributed by atoms with van der Waals surface area (Å²) in [4.78, 5) is 4.17. The maximum absolute atomic E-state index is 8.89. The molecule has 0 spiro atoms. The highest BCUT2D eigenvalue weighted by atomic mass is 16.2. The first-order valence-electron chi connectivity index (χ1n) is 3.85. The molecule has 0 aliphatic carbocycles. The fourth-order valence-corrected chi connectivity index (χ4v) is 1.24. The van der Waals surface area contributed by atoms with Gasteiger partial charge >= 0.3 is 7.48 Å². The Morgan fingerprint density at radius 1 is 1.50 bits per heavy atom. The molecule has 4 heteroatoms. The number of hydrogen-bond donors (Lipinski definition) is 1. The first-order valence-corrected chi connectivity index (χ1v) is 3.85. The van der Waals surface area contributed by atoms with Gasteiger partial charge in [-0.3, -0.25) is 0 Å². The zero-order valence-corrected chi connectivity index (χ0v) is 6.86. The Hall–Kier alpha value is -1.29. The molecule has 0 amide bonds. The Bertz CT molecular complexity index is 410. The normalized spacial score (nSPS) is 10.5. The van der Waals surface area contributed by atoms with Gasteiger partial charge in [-0.25, -0.2) is 4.98 Å². The van der Waals surface area contributed by atoms with Crippen LogP contribution in [0, 0.1) is 6.92 Å². The molecule has 2 aromatic rings. The van der Waals surface area contributed by atoms with Crippen LogP contribution in [0.25, 0.3) is 5.65 Å². The largest absolute Gasteiger partial charge is 0.449 e. The van der Waals surface area contributed by atoms with Crippen LogP contribution >= 0.6 is 0 Å². The van der Waals surface area contributed by atoms with Gasteiger partial charge in [0.15, 0.2) is 0 Å². The predicted octanol–water partition coefficient (Wildman–Crippen LogP) is -0.388. The Morgan fingerprint density at radius 3 is 3.08 bits per heavy atom. The molecule has 2 rings (SSSR count). The number of rotatable bonds is 1. The maximum atomic E-state index is 8.89. The van der Waals surface area contributed by atoms with Crippen LogP contribution in [0.5, 0.6) is 0 Å². The molecule has 0 bridgehead atoms. The van der Waals surface area contributed by atoms with Crippen molar-refractivity contribution >= 4 is 18.6 Å². The van der Waals surface area contributed by atoms with E-state index in [9.17, 15) is 0 Å². The van der Waals surface area contributed by atoms with Gasteiger partial charge in [0.25, 0.3) is 0 Å². The average molecular weight is 160 g/mol. The number of aryl methyl sites for hydroxylation is 1. The maximum Gasteiger partial charge on any atom is 0.306 e. The number of nitrogens with zero attached hydrogens (tertiary/aromatic N) is 2. The molecule has 0 saturated heterocycles. The molecule has 0 fully saturated rings. The number of aromatic nitrogens is 2. The Kier molecular flexibility index (Phi) is 1.62. The van der Waals surface area contributed by atoms with Crippen LogP contribution in [0.3, 0.4) is 0 Å². The first kappa shape index (κ1) is 7.37. The molecule has 3 nitrogen and oxygen atoms in total. The summed E-state index contributed by atoms with van der Waals surface area (Å²) in [7, 11) is 0.0769. The summed E-state index contributed by atoms with van der Waals surface area (Å²) >= 11 is 0. The molecule has 0 atom stereocenters. The zero-order valence-electron chi connectivity index (χ0n) is 6.86. The third-order valence-electron chi connectivity index (χ3n) is 1.93. The minimum atomic E-state index is 0.0769. The summed E-state index contributed by atoms with van der Waals surface area (Å²) in [6.45, 7) is 1.99. The molecule has 60 valence electrons. The second-order valence-corrected chi connectivity index (χ2v) is 2.82. The van der Waals surface area contributed by atoms with Crippen molar-refractivity contribution in [2.45, 2.75) is 6.92 Å². The van der Waals surface area contributed by atoms with Crippen molar-refractivity contribution in [2.24, 2.45) is 0 Å². The molecule has 0 unspecified atom stereocenters. The average Bonchev–Trinajstić information content (AvgIpc) is 2.47. The van der Waals surface area contributed by atoms with E-state index in [0.29, 0.717) is 0 Å². The lowest BCUT2D eigenvalue weighted by Gasteiger charge is -1.98. The summed E-state index contributed by atoms with van der Waals surface area (Å²) in [6.07, 6.45) is 3.72. The Balaban J connectivity index is 2.71. The van der Waals surface area contributed by atoms with Gasteiger partial charge in [0, 0.05) is 18.1 Å². The van der Waals surface area contributed by atoms with Gasteiger partial charge in [-0.15, -0.1) is 0 Å². The van der Waals surface area contributed by atoms with Gasteiger partial charge in [-0.05, 0) is 18.5 Å². The van der Waals surface area contributed by atoms with E-state index in [-0.39, 0.29) is 7.48 Å². The van der Waals surface area contributed by atoms with Gasteiger partial charge in [-0.2, -0.15) is 0 Å². The summed E-state index contributed by atoms with van der Waals surface area (Å²) in [5.74, 6) is 0. The van der Waals surface area contributed by atoms with Crippen LogP contribution in [-0.4, -0.2) is 21.9 Å². The molecule has 2 heterocycles. The zero-order chi connectivity index (χ0) is 8.55. The van der Waals surface area contributed by atoms with Gasteiger partial charge in [-0.1, -0.05) is 6.07 Å². The van der Waals surface area contributed by atoms with Crippen molar-refractivity contribution < 1.29 is 5.02 Å². The molecule has 0 radical (unpaired) electrons. The molecule has 0 saturated carbocycles. The summed E-state index contributed by atoms with van der Waals surface area (Å²) < 4.78 is 1.96. The third kappa shape index (κ3) is 1.01. The topological polar surface area (TPSA) is 37.5 Å². The summed E-state index contributed by atoms with van der Waals surface area (Å²) in [6, 6.07) is 3.78. The Labute approximate surface area is 71.0 Å². The van der Waals surface area contributed by atoms with Crippen molar-refractivity contribution in [1.29, 1.82) is 0 Å². The van der Waals surface area contributed by atoms with Crippen LogP contribution in [0.2, 0.25) is 0 Å². The fraction of sp³-hybridized carbons (Fsp3) is 0.125. The lowest BCUT2D eigenvalue weighted by atomic mass is 9.91. The molecule has 0 aromatic carbocycles. The van der Waals surface area contributed by atoms with Crippen LogP contribution < -0.4 is 5.46 Å².